The first-order valence-electron chi connectivity index (χ1n) is 9.04. The fourth-order valence-corrected chi connectivity index (χ4v) is 3.06. The summed E-state index contributed by atoms with van der Waals surface area (Å²) in [6.45, 7) is 8.02. The van der Waals surface area contributed by atoms with Crippen LogP contribution in [0.3, 0.4) is 0 Å². The fraction of sp³-hybridized carbons (Fsp3) is 0.842. The maximum atomic E-state index is 11.2. The largest absolute Gasteiger partial charge is 0.462 e. The van der Waals surface area contributed by atoms with Gasteiger partial charge in [0.2, 0.25) is 0 Å². The van der Waals surface area contributed by atoms with Crippen LogP contribution < -0.4 is 0 Å². The third-order valence-electron chi connectivity index (χ3n) is 3.86. The molecular weight excluding hydrogens is 340 g/mol. The molecule has 0 aromatic rings. The third-order valence-corrected chi connectivity index (χ3v) is 4.78. The second-order valence-electron chi connectivity index (χ2n) is 6.27. The van der Waals surface area contributed by atoms with Gasteiger partial charge in [-0.05, 0) is 26.2 Å². The highest BCUT2D eigenvalue weighted by Crippen LogP contribution is 2.18. The summed E-state index contributed by atoms with van der Waals surface area (Å²) in [5.41, 5.74) is 0.477. The smallest absolute Gasteiger partial charge is 0.333 e. The zero-order chi connectivity index (χ0) is 16.6. The Bertz CT molecular complexity index is 289. The Hall–Kier alpha value is -0.310. The second-order valence-corrected chi connectivity index (χ2v) is 7.57. The molecule has 0 saturated heterocycles. The van der Waals surface area contributed by atoms with Crippen molar-refractivity contribution in [3.05, 3.63) is 12.2 Å². The number of halogens is 1. The lowest BCUT2D eigenvalue weighted by atomic mass is 10.0. The molecule has 2 nitrogen and oxygen atoms in total. The molecule has 0 radical (unpaired) electrons. The predicted molar refractivity (Wildman–Crippen MR) is 99.6 cm³/mol. The average molecular weight is 375 g/mol. The molecule has 0 aromatic carbocycles. The monoisotopic (exact) mass is 374 g/mol. The van der Waals surface area contributed by atoms with E-state index in [1.807, 2.05) is 0 Å². The van der Waals surface area contributed by atoms with Gasteiger partial charge < -0.3 is 4.74 Å². The molecule has 0 aromatic heterocycles. The van der Waals surface area contributed by atoms with Gasteiger partial charge in [-0.3, -0.25) is 0 Å². The summed E-state index contributed by atoms with van der Waals surface area (Å²) in [5, 5.41) is 0. The van der Waals surface area contributed by atoms with Crippen LogP contribution in [0.2, 0.25) is 0 Å². The number of alkyl halides is 1. The van der Waals surface area contributed by atoms with Crippen molar-refractivity contribution in [2.24, 2.45) is 0 Å². The van der Waals surface area contributed by atoms with Crippen LogP contribution in [-0.2, 0) is 9.53 Å². The van der Waals surface area contributed by atoms with Crippen molar-refractivity contribution in [1.82, 2.24) is 0 Å². The summed E-state index contributed by atoms with van der Waals surface area (Å²) in [5.74, 6) is -0.273. The number of hydrogen-bond acceptors (Lipinski definition) is 2. The molecule has 0 heterocycles. The number of carbonyl (C=O) groups is 1. The molecule has 1 unspecified atom stereocenters. The van der Waals surface area contributed by atoms with Crippen LogP contribution in [0.5, 0.6) is 0 Å². The minimum atomic E-state index is -0.273. The molecule has 0 aliphatic rings. The van der Waals surface area contributed by atoms with Crippen LogP contribution in [0.25, 0.3) is 0 Å². The lowest BCUT2D eigenvalue weighted by Gasteiger charge is -2.10. The van der Waals surface area contributed by atoms with Crippen LogP contribution >= 0.6 is 15.9 Å². The Kier molecular flexibility index (Phi) is 15.4. The minimum absolute atomic E-state index is 0.273. The van der Waals surface area contributed by atoms with Gasteiger partial charge in [0.05, 0.1) is 6.61 Å². The van der Waals surface area contributed by atoms with Crippen molar-refractivity contribution in [2.45, 2.75) is 95.7 Å². The summed E-state index contributed by atoms with van der Waals surface area (Å²) < 4.78 is 5.09. The lowest BCUT2D eigenvalue weighted by Crippen LogP contribution is -2.08. The molecular formula is C19H35BrO2. The number of ether oxygens (including phenoxy) is 1. The Balaban J connectivity index is 3.27. The van der Waals surface area contributed by atoms with Crippen molar-refractivity contribution >= 4 is 21.9 Å². The van der Waals surface area contributed by atoms with Gasteiger partial charge in [0.15, 0.2) is 0 Å². The standard InChI is InChI=1S/C19H35BrO2/c1-4-5-6-7-8-9-10-11-12-14-18(20)15-13-16-22-19(21)17(2)3/h18H,2,4-16H2,1,3H3. The molecule has 0 fully saturated rings. The van der Waals surface area contributed by atoms with E-state index in [1.165, 1.54) is 64.2 Å². The number of hydrogen-bond donors (Lipinski definition) is 0. The van der Waals surface area contributed by atoms with Crippen LogP contribution in [0.15, 0.2) is 12.2 Å². The fourth-order valence-electron chi connectivity index (χ4n) is 2.41. The van der Waals surface area contributed by atoms with E-state index in [9.17, 15) is 4.79 Å². The number of esters is 1. The van der Waals surface area contributed by atoms with E-state index in [2.05, 4.69) is 29.4 Å². The molecule has 0 spiro atoms. The highest BCUT2D eigenvalue weighted by molar-refractivity contribution is 9.09. The predicted octanol–water partition coefficient (Wildman–Crippen LogP) is 6.57. The van der Waals surface area contributed by atoms with Crippen LogP contribution in [0.1, 0.15) is 90.9 Å². The first kappa shape index (κ1) is 21.7. The van der Waals surface area contributed by atoms with Gasteiger partial charge in [-0.2, -0.15) is 0 Å². The van der Waals surface area contributed by atoms with E-state index in [-0.39, 0.29) is 5.97 Å². The second kappa shape index (κ2) is 15.6. The Morgan fingerprint density at radius 2 is 1.45 bits per heavy atom. The van der Waals surface area contributed by atoms with E-state index < -0.39 is 0 Å². The Morgan fingerprint density at radius 3 is 2.00 bits per heavy atom. The van der Waals surface area contributed by atoms with E-state index in [0.717, 1.165) is 12.8 Å². The molecule has 0 saturated carbocycles. The van der Waals surface area contributed by atoms with E-state index >= 15 is 0 Å². The van der Waals surface area contributed by atoms with Crippen molar-refractivity contribution in [1.29, 1.82) is 0 Å². The van der Waals surface area contributed by atoms with Gasteiger partial charge in [-0.25, -0.2) is 4.79 Å². The van der Waals surface area contributed by atoms with Crippen LogP contribution in [0, 0.1) is 0 Å². The van der Waals surface area contributed by atoms with E-state index in [4.69, 9.17) is 4.74 Å². The van der Waals surface area contributed by atoms with Crippen LogP contribution in [0.4, 0.5) is 0 Å². The van der Waals surface area contributed by atoms with Crippen LogP contribution in [-0.4, -0.2) is 17.4 Å². The maximum absolute atomic E-state index is 11.2. The van der Waals surface area contributed by atoms with Crippen molar-refractivity contribution in [3.63, 3.8) is 0 Å². The SMILES string of the molecule is C=C(C)C(=O)OCCCC(Br)CCCCCCCCCCC. The van der Waals surface area contributed by atoms with Crippen molar-refractivity contribution in [3.8, 4) is 0 Å². The molecule has 0 rings (SSSR count). The summed E-state index contributed by atoms with van der Waals surface area (Å²) in [4.78, 5) is 11.8. The molecule has 22 heavy (non-hydrogen) atoms. The van der Waals surface area contributed by atoms with Crippen molar-refractivity contribution < 1.29 is 9.53 Å². The van der Waals surface area contributed by atoms with Crippen molar-refractivity contribution in [2.75, 3.05) is 6.61 Å². The first-order chi connectivity index (χ1) is 10.6. The third kappa shape index (κ3) is 14.6. The molecule has 0 aliphatic heterocycles. The summed E-state index contributed by atoms with van der Waals surface area (Å²) in [6.07, 6.45) is 15.6. The van der Waals surface area contributed by atoms with Gasteiger partial charge in [0, 0.05) is 10.4 Å². The molecule has 0 aliphatic carbocycles. The molecule has 0 N–H and O–H groups in total. The van der Waals surface area contributed by atoms with Gasteiger partial charge in [-0.15, -0.1) is 0 Å². The summed E-state index contributed by atoms with van der Waals surface area (Å²) >= 11 is 3.73. The van der Waals surface area contributed by atoms with E-state index in [1.54, 1.807) is 6.92 Å². The number of unbranched alkanes of at least 4 members (excludes halogenated alkanes) is 8. The maximum Gasteiger partial charge on any atom is 0.333 e. The number of carbonyl (C=O) groups excluding carboxylic acids is 1. The molecule has 0 bridgehead atoms. The summed E-state index contributed by atoms with van der Waals surface area (Å²) in [6, 6.07) is 0. The molecule has 1 atom stereocenters. The van der Waals surface area contributed by atoms with Gasteiger partial charge in [-0.1, -0.05) is 87.2 Å². The summed E-state index contributed by atoms with van der Waals surface area (Å²) in [7, 11) is 0. The van der Waals surface area contributed by atoms with Gasteiger partial charge >= 0.3 is 5.97 Å². The Morgan fingerprint density at radius 1 is 0.955 bits per heavy atom. The van der Waals surface area contributed by atoms with E-state index in [0.29, 0.717) is 17.0 Å². The molecule has 3 heteroatoms. The number of rotatable bonds is 15. The normalized spacial score (nSPS) is 12.1. The van der Waals surface area contributed by atoms with Gasteiger partial charge in [0.25, 0.3) is 0 Å². The lowest BCUT2D eigenvalue weighted by molar-refractivity contribution is -0.139. The van der Waals surface area contributed by atoms with Gasteiger partial charge in [0.1, 0.15) is 0 Å². The molecule has 0 amide bonds. The zero-order valence-corrected chi connectivity index (χ0v) is 16.3. The highest BCUT2D eigenvalue weighted by atomic mass is 79.9. The molecule has 130 valence electrons. The average Bonchev–Trinajstić information content (AvgIpc) is 2.49. The highest BCUT2D eigenvalue weighted by Gasteiger charge is 2.06. The Labute approximate surface area is 146 Å². The zero-order valence-electron chi connectivity index (χ0n) is 14.7. The topological polar surface area (TPSA) is 26.3 Å². The quantitative estimate of drug-likeness (QED) is 0.140. The first-order valence-corrected chi connectivity index (χ1v) is 9.96. The minimum Gasteiger partial charge on any atom is -0.462 e.